The minimum absolute atomic E-state index is 0.0433. The molecule has 4 rings (SSSR count). The first-order valence-electron chi connectivity index (χ1n) is 13.7. The number of hydrogen-bond donors (Lipinski definition) is 6. The Labute approximate surface area is 243 Å². The van der Waals surface area contributed by atoms with Gasteiger partial charge in [-0.25, -0.2) is 8.78 Å². The predicted molar refractivity (Wildman–Crippen MR) is 150 cm³/mol. The molecular formula is C29H37Cl2F2N3O4. The topological polar surface area (TPSA) is 128 Å². The summed E-state index contributed by atoms with van der Waals surface area (Å²) in [5.41, 5.74) is 5.21. The maximum absolute atomic E-state index is 15.7. The summed E-state index contributed by atoms with van der Waals surface area (Å²) in [5, 5.41) is 35.4. The molecule has 5 unspecified atom stereocenters. The zero-order chi connectivity index (χ0) is 29.1. The second-order valence-corrected chi connectivity index (χ2v) is 12.1. The van der Waals surface area contributed by atoms with Crippen molar-refractivity contribution in [1.82, 2.24) is 10.6 Å². The molecule has 2 fully saturated rings. The van der Waals surface area contributed by atoms with Crippen molar-refractivity contribution in [3.8, 4) is 0 Å². The first kappa shape index (κ1) is 31.1. The molecule has 5 atom stereocenters. The molecule has 1 aliphatic heterocycles. The average Bonchev–Trinajstić information content (AvgIpc) is 3.22. The van der Waals surface area contributed by atoms with E-state index in [1.165, 1.54) is 24.3 Å². The maximum atomic E-state index is 15.7. The molecule has 0 radical (unpaired) electrons. The molecule has 1 aliphatic carbocycles. The molecule has 2 aliphatic rings. The van der Waals surface area contributed by atoms with E-state index in [-0.39, 0.29) is 40.7 Å². The summed E-state index contributed by atoms with van der Waals surface area (Å²) in [6, 6.07) is 6.68. The molecule has 1 saturated carbocycles. The summed E-state index contributed by atoms with van der Waals surface area (Å²) < 4.78 is 31.4. The Morgan fingerprint density at radius 3 is 2.52 bits per heavy atom. The smallest absolute Gasteiger partial charge is 0.237 e. The fourth-order valence-electron chi connectivity index (χ4n) is 6.52. The van der Waals surface area contributed by atoms with Crippen molar-refractivity contribution in [1.29, 1.82) is 0 Å². The maximum Gasteiger partial charge on any atom is 0.237 e. The molecule has 1 amide bonds. The molecule has 0 bridgehead atoms. The molecular weight excluding hydrogens is 563 g/mol. The van der Waals surface area contributed by atoms with Crippen LogP contribution in [0.1, 0.15) is 62.0 Å². The lowest BCUT2D eigenvalue weighted by atomic mass is 9.64. The van der Waals surface area contributed by atoms with E-state index in [0.717, 1.165) is 38.2 Å². The highest BCUT2D eigenvalue weighted by Crippen LogP contribution is 2.52. The molecule has 220 valence electrons. The van der Waals surface area contributed by atoms with Crippen LogP contribution in [-0.4, -0.2) is 59.2 Å². The van der Waals surface area contributed by atoms with Crippen molar-refractivity contribution in [3.63, 3.8) is 0 Å². The van der Waals surface area contributed by atoms with E-state index in [4.69, 9.17) is 34.0 Å². The van der Waals surface area contributed by atoms with E-state index in [9.17, 15) is 15.0 Å². The number of amides is 1. The summed E-state index contributed by atoms with van der Waals surface area (Å²) in [5.74, 6) is -3.08. The lowest BCUT2D eigenvalue weighted by Gasteiger charge is -2.43. The van der Waals surface area contributed by atoms with Gasteiger partial charge >= 0.3 is 0 Å². The molecule has 2 aromatic carbocycles. The number of carbonyl (C=O) groups is 1. The van der Waals surface area contributed by atoms with Crippen LogP contribution in [0.25, 0.3) is 0 Å². The average molecular weight is 601 g/mol. The summed E-state index contributed by atoms with van der Waals surface area (Å²) in [6.45, 7) is -0.515. The highest BCUT2D eigenvalue weighted by molar-refractivity contribution is 6.31. The quantitative estimate of drug-likeness (QED) is 0.247. The molecule has 7 N–H and O–H groups in total. The van der Waals surface area contributed by atoms with E-state index >= 15 is 8.78 Å². The lowest BCUT2D eigenvalue weighted by molar-refractivity contribution is -0.123. The Morgan fingerprint density at radius 2 is 1.88 bits per heavy atom. The third-order valence-corrected chi connectivity index (χ3v) is 9.20. The largest absolute Gasteiger partial charge is 0.396 e. The zero-order valence-corrected chi connectivity index (χ0v) is 23.7. The van der Waals surface area contributed by atoms with Crippen molar-refractivity contribution in [2.24, 2.45) is 11.1 Å². The van der Waals surface area contributed by atoms with Crippen LogP contribution < -0.4 is 16.4 Å². The normalized spacial score (nSPS) is 26.9. The number of hydrogen-bond acceptors (Lipinski definition) is 6. The first-order chi connectivity index (χ1) is 19.1. The van der Waals surface area contributed by atoms with Crippen LogP contribution >= 0.6 is 23.2 Å². The van der Waals surface area contributed by atoms with Crippen LogP contribution in [0.3, 0.4) is 0 Å². The van der Waals surface area contributed by atoms with Crippen molar-refractivity contribution in [2.75, 3.05) is 19.8 Å². The number of aliphatic hydroxyl groups excluding tert-OH is 3. The van der Waals surface area contributed by atoms with Crippen LogP contribution in [0.15, 0.2) is 36.4 Å². The summed E-state index contributed by atoms with van der Waals surface area (Å²) in [7, 11) is 0. The van der Waals surface area contributed by atoms with E-state index in [0.29, 0.717) is 6.42 Å². The van der Waals surface area contributed by atoms with Crippen LogP contribution in [0.4, 0.5) is 8.78 Å². The molecule has 40 heavy (non-hydrogen) atoms. The zero-order valence-electron chi connectivity index (χ0n) is 22.2. The second kappa shape index (κ2) is 13.0. The van der Waals surface area contributed by atoms with Gasteiger partial charge < -0.3 is 31.7 Å². The number of rotatable bonds is 10. The van der Waals surface area contributed by atoms with Gasteiger partial charge in [0.15, 0.2) is 0 Å². The van der Waals surface area contributed by atoms with Crippen LogP contribution in [0.2, 0.25) is 10.0 Å². The SMILES string of the molecule is NC1(c2ccc(Cl)cc2F)C(CC2(CO)CCCCC2)NC(C(=O)NCCC(O)CO)C1c1cccc(Cl)c1F. The number of nitrogens with one attached hydrogen (secondary N) is 2. The number of aliphatic hydroxyl groups is 3. The Bertz CT molecular complexity index is 1200. The highest BCUT2D eigenvalue weighted by atomic mass is 35.5. The molecule has 7 nitrogen and oxygen atoms in total. The van der Waals surface area contributed by atoms with Gasteiger partial charge in [-0.1, -0.05) is 60.7 Å². The minimum atomic E-state index is -1.65. The van der Waals surface area contributed by atoms with Crippen molar-refractivity contribution in [2.45, 2.75) is 74.6 Å². The fourth-order valence-corrected chi connectivity index (χ4v) is 6.86. The molecule has 1 saturated heterocycles. The minimum Gasteiger partial charge on any atom is -0.396 e. The molecule has 1 heterocycles. The highest BCUT2D eigenvalue weighted by Gasteiger charge is 2.59. The van der Waals surface area contributed by atoms with Crippen LogP contribution in [0, 0.1) is 17.0 Å². The van der Waals surface area contributed by atoms with Gasteiger partial charge in [0.1, 0.15) is 11.6 Å². The van der Waals surface area contributed by atoms with E-state index < -0.39 is 59.2 Å². The lowest BCUT2D eigenvalue weighted by Crippen LogP contribution is -2.53. The van der Waals surface area contributed by atoms with Crippen LogP contribution in [-0.2, 0) is 10.3 Å². The molecule has 11 heteroatoms. The number of halogens is 4. The number of carbonyl (C=O) groups excluding carboxylic acids is 1. The molecule has 0 spiro atoms. The summed E-state index contributed by atoms with van der Waals surface area (Å²) >= 11 is 12.2. The van der Waals surface area contributed by atoms with Gasteiger partial charge in [0.2, 0.25) is 5.91 Å². The Kier molecular flexibility index (Phi) is 10.1. The van der Waals surface area contributed by atoms with E-state index in [1.54, 1.807) is 6.07 Å². The number of nitrogens with two attached hydrogens (primary N) is 1. The molecule has 2 aromatic rings. The Morgan fingerprint density at radius 1 is 1.15 bits per heavy atom. The summed E-state index contributed by atoms with van der Waals surface area (Å²) in [6.07, 6.45) is 3.78. The van der Waals surface area contributed by atoms with Gasteiger partial charge in [0.25, 0.3) is 0 Å². The number of benzene rings is 2. The van der Waals surface area contributed by atoms with E-state index in [1.807, 2.05) is 0 Å². The third-order valence-electron chi connectivity index (χ3n) is 8.68. The van der Waals surface area contributed by atoms with Crippen molar-refractivity contribution >= 4 is 29.1 Å². The predicted octanol–water partition coefficient (Wildman–Crippen LogP) is 3.74. The van der Waals surface area contributed by atoms with Crippen molar-refractivity contribution < 1.29 is 28.9 Å². The Hall–Kier alpha value is -1.85. The van der Waals surface area contributed by atoms with Gasteiger partial charge in [0, 0.05) is 35.7 Å². The second-order valence-electron chi connectivity index (χ2n) is 11.2. The Balaban J connectivity index is 1.85. The van der Waals surface area contributed by atoms with Crippen molar-refractivity contribution in [3.05, 3.63) is 69.2 Å². The van der Waals surface area contributed by atoms with Gasteiger partial charge in [-0.15, -0.1) is 0 Å². The van der Waals surface area contributed by atoms with Gasteiger partial charge in [-0.05, 0) is 54.9 Å². The fraction of sp³-hybridized carbons (Fsp3) is 0.552. The standard InChI is InChI=1S/C29H37Cl2F2N3O4/c30-17-7-8-20(22(32)13-17)29(34)23(14-28(16-38)10-2-1-3-11-28)36-26(27(40)35-12-9-18(39)15-37)24(29)19-5-4-6-21(31)25(19)33/h4-8,13,18,23-24,26,36-39H,1-3,9-12,14-16,34H2,(H,35,40). The summed E-state index contributed by atoms with van der Waals surface area (Å²) in [4.78, 5) is 13.6. The van der Waals surface area contributed by atoms with Crippen LogP contribution in [0.5, 0.6) is 0 Å². The molecule has 0 aromatic heterocycles. The van der Waals surface area contributed by atoms with Gasteiger partial charge in [0.05, 0.1) is 29.3 Å². The first-order valence-corrected chi connectivity index (χ1v) is 14.4. The van der Waals surface area contributed by atoms with Gasteiger partial charge in [-0.2, -0.15) is 0 Å². The van der Waals surface area contributed by atoms with E-state index in [2.05, 4.69) is 10.6 Å². The van der Waals surface area contributed by atoms with Gasteiger partial charge in [-0.3, -0.25) is 4.79 Å². The monoisotopic (exact) mass is 599 g/mol. The third kappa shape index (κ3) is 6.16.